The molecule has 0 radical (unpaired) electrons. The van der Waals surface area contributed by atoms with Crippen LogP contribution in [0.4, 0.5) is 13.2 Å². The van der Waals surface area contributed by atoms with Crippen LogP contribution in [0.5, 0.6) is 17.2 Å². The Morgan fingerprint density at radius 2 is 1.83 bits per heavy atom. The highest BCUT2D eigenvalue weighted by Gasteiger charge is 2.31. The predicted molar refractivity (Wildman–Crippen MR) is 102 cm³/mol. The van der Waals surface area contributed by atoms with Gasteiger partial charge in [-0.2, -0.15) is 0 Å². The molecule has 2 aromatic rings. The number of alkyl halides is 3. The average Bonchev–Trinajstić information content (AvgIpc) is 2.65. The quantitative estimate of drug-likeness (QED) is 0.645. The van der Waals surface area contributed by atoms with Crippen LogP contribution in [0.1, 0.15) is 28.9 Å². The Morgan fingerprint density at radius 3 is 2.37 bits per heavy atom. The number of nitrogens with two attached hydrogens (primary N) is 1. The predicted octanol–water partition coefficient (Wildman–Crippen LogP) is 3.60. The highest BCUT2D eigenvalue weighted by molar-refractivity contribution is 6.32. The molecule has 0 fully saturated rings. The third kappa shape index (κ3) is 6.45. The normalized spacial score (nSPS) is 12.1. The lowest BCUT2D eigenvalue weighted by molar-refractivity contribution is -0.274. The molecule has 2 amide bonds. The maximum absolute atomic E-state index is 12.6. The summed E-state index contributed by atoms with van der Waals surface area (Å²) in [4.78, 5) is 23.5. The van der Waals surface area contributed by atoms with Gasteiger partial charge in [0.2, 0.25) is 0 Å². The number of primary amides is 1. The molecule has 2 aromatic carbocycles. The molecule has 1 atom stereocenters. The van der Waals surface area contributed by atoms with Gasteiger partial charge < -0.3 is 25.3 Å². The highest BCUT2D eigenvalue weighted by atomic mass is 35.5. The molecule has 7 nitrogen and oxygen atoms in total. The lowest BCUT2D eigenvalue weighted by atomic mass is 10.1. The van der Waals surface area contributed by atoms with E-state index in [0.29, 0.717) is 5.56 Å². The number of methoxy groups -OCH3 is 1. The first kappa shape index (κ1) is 23.1. The Labute approximate surface area is 174 Å². The molecule has 0 saturated carbocycles. The SMILES string of the molecule is COc1cc(C(=O)NC(C)c2ccc(OC(F)(F)F)cc2)cc(Cl)c1OCC(N)=O. The number of halogens is 4. The number of carbonyl (C=O) groups is 2. The molecule has 0 aliphatic heterocycles. The lowest BCUT2D eigenvalue weighted by Gasteiger charge is -2.17. The van der Waals surface area contributed by atoms with E-state index in [1.165, 1.54) is 31.4 Å². The highest BCUT2D eigenvalue weighted by Crippen LogP contribution is 2.36. The van der Waals surface area contributed by atoms with Gasteiger partial charge in [0.15, 0.2) is 18.1 Å². The van der Waals surface area contributed by atoms with Crippen LogP contribution in [-0.4, -0.2) is 31.9 Å². The molecule has 162 valence electrons. The molecule has 0 spiro atoms. The van der Waals surface area contributed by atoms with Crippen molar-refractivity contribution < 1.29 is 37.0 Å². The number of benzene rings is 2. The minimum absolute atomic E-state index is 0.0297. The van der Waals surface area contributed by atoms with Gasteiger partial charge in [-0.05, 0) is 36.8 Å². The van der Waals surface area contributed by atoms with Crippen LogP contribution in [0.15, 0.2) is 36.4 Å². The van der Waals surface area contributed by atoms with E-state index in [9.17, 15) is 22.8 Å². The van der Waals surface area contributed by atoms with Crippen molar-refractivity contribution >= 4 is 23.4 Å². The minimum Gasteiger partial charge on any atom is -0.493 e. The van der Waals surface area contributed by atoms with Gasteiger partial charge in [-0.25, -0.2) is 0 Å². The fourth-order valence-electron chi connectivity index (χ4n) is 2.46. The Kier molecular flexibility index (Phi) is 7.38. The lowest BCUT2D eigenvalue weighted by Crippen LogP contribution is -2.27. The Hall–Kier alpha value is -3.14. The third-order valence-corrected chi connectivity index (χ3v) is 4.09. The molecule has 2 rings (SSSR count). The van der Waals surface area contributed by atoms with Crippen LogP contribution in [-0.2, 0) is 4.79 Å². The standard InChI is InChI=1S/C19H18ClF3N2O5/c1-10(11-3-5-13(6-4-11)30-19(21,22)23)25-18(27)12-7-14(20)17(15(8-12)28-2)29-9-16(24)26/h3-8,10H,9H2,1-2H3,(H2,24,26)(H,25,27). The van der Waals surface area contributed by atoms with Gasteiger partial charge in [0.25, 0.3) is 11.8 Å². The van der Waals surface area contributed by atoms with E-state index in [0.717, 1.165) is 12.1 Å². The number of ether oxygens (including phenoxy) is 3. The van der Waals surface area contributed by atoms with Crippen molar-refractivity contribution in [3.05, 3.63) is 52.5 Å². The number of nitrogens with one attached hydrogen (secondary N) is 1. The monoisotopic (exact) mass is 446 g/mol. The summed E-state index contributed by atoms with van der Waals surface area (Å²) < 4.78 is 50.9. The zero-order valence-electron chi connectivity index (χ0n) is 15.9. The van der Waals surface area contributed by atoms with Gasteiger partial charge in [-0.15, -0.1) is 13.2 Å². The molecule has 3 N–H and O–H groups in total. The number of hydrogen-bond acceptors (Lipinski definition) is 5. The van der Waals surface area contributed by atoms with E-state index in [1.807, 2.05) is 0 Å². The van der Waals surface area contributed by atoms with Crippen LogP contribution >= 0.6 is 11.6 Å². The largest absolute Gasteiger partial charge is 0.573 e. The molecule has 0 aliphatic carbocycles. The number of carbonyl (C=O) groups excluding carboxylic acids is 2. The van der Waals surface area contributed by atoms with Crippen LogP contribution < -0.4 is 25.3 Å². The fraction of sp³-hybridized carbons (Fsp3) is 0.263. The van der Waals surface area contributed by atoms with Crippen LogP contribution in [0.25, 0.3) is 0 Å². The molecule has 0 bridgehead atoms. The Morgan fingerprint density at radius 1 is 1.20 bits per heavy atom. The summed E-state index contributed by atoms with van der Waals surface area (Å²) in [5, 5.41) is 2.73. The van der Waals surface area contributed by atoms with E-state index >= 15 is 0 Å². The van der Waals surface area contributed by atoms with Crippen molar-refractivity contribution in [2.75, 3.05) is 13.7 Å². The second-order valence-corrected chi connectivity index (χ2v) is 6.46. The first-order valence-electron chi connectivity index (χ1n) is 8.45. The van der Waals surface area contributed by atoms with Crippen molar-refractivity contribution in [2.45, 2.75) is 19.3 Å². The third-order valence-electron chi connectivity index (χ3n) is 3.81. The molecule has 1 unspecified atom stereocenters. The van der Waals surface area contributed by atoms with Crippen molar-refractivity contribution in [2.24, 2.45) is 5.73 Å². The van der Waals surface area contributed by atoms with E-state index < -0.39 is 30.8 Å². The van der Waals surface area contributed by atoms with E-state index in [4.69, 9.17) is 26.8 Å². The summed E-state index contributed by atoms with van der Waals surface area (Å²) in [6.07, 6.45) is -4.78. The summed E-state index contributed by atoms with van der Waals surface area (Å²) >= 11 is 6.12. The van der Waals surface area contributed by atoms with Gasteiger partial charge in [0.05, 0.1) is 18.2 Å². The second-order valence-electron chi connectivity index (χ2n) is 6.06. The molecule has 0 aliphatic rings. The fourth-order valence-corrected chi connectivity index (χ4v) is 2.72. The molecule has 0 saturated heterocycles. The van der Waals surface area contributed by atoms with Gasteiger partial charge in [-0.1, -0.05) is 23.7 Å². The topological polar surface area (TPSA) is 99.9 Å². The van der Waals surface area contributed by atoms with Crippen LogP contribution in [0, 0.1) is 0 Å². The molecule has 11 heteroatoms. The zero-order valence-corrected chi connectivity index (χ0v) is 16.6. The Bertz CT molecular complexity index is 920. The van der Waals surface area contributed by atoms with Crippen molar-refractivity contribution in [1.29, 1.82) is 0 Å². The summed E-state index contributed by atoms with van der Waals surface area (Å²) in [5.74, 6) is -1.42. The maximum Gasteiger partial charge on any atom is 0.573 e. The number of rotatable bonds is 8. The molecule has 0 heterocycles. The van der Waals surface area contributed by atoms with Gasteiger partial charge in [0, 0.05) is 5.56 Å². The number of hydrogen-bond donors (Lipinski definition) is 2. The van der Waals surface area contributed by atoms with Gasteiger partial charge in [-0.3, -0.25) is 9.59 Å². The first-order valence-corrected chi connectivity index (χ1v) is 8.83. The smallest absolute Gasteiger partial charge is 0.493 e. The van der Waals surface area contributed by atoms with Crippen molar-refractivity contribution in [1.82, 2.24) is 5.32 Å². The number of amides is 2. The van der Waals surface area contributed by atoms with E-state index in [1.54, 1.807) is 6.92 Å². The summed E-state index contributed by atoms with van der Waals surface area (Å²) in [6, 6.07) is 7.26. The van der Waals surface area contributed by atoms with Crippen molar-refractivity contribution in [3.63, 3.8) is 0 Å². The van der Waals surface area contributed by atoms with Gasteiger partial charge in [0.1, 0.15) is 5.75 Å². The van der Waals surface area contributed by atoms with Gasteiger partial charge >= 0.3 is 6.36 Å². The molecular formula is C19H18ClF3N2O5. The van der Waals surface area contributed by atoms with Crippen LogP contribution in [0.2, 0.25) is 5.02 Å². The molecule has 0 aromatic heterocycles. The van der Waals surface area contributed by atoms with E-state index in [2.05, 4.69) is 10.1 Å². The first-order chi connectivity index (χ1) is 14.0. The summed E-state index contributed by atoms with van der Waals surface area (Å²) in [6.45, 7) is 1.23. The summed E-state index contributed by atoms with van der Waals surface area (Å²) in [7, 11) is 1.33. The maximum atomic E-state index is 12.6. The van der Waals surface area contributed by atoms with E-state index in [-0.39, 0.29) is 27.8 Å². The molecule has 30 heavy (non-hydrogen) atoms. The zero-order chi connectivity index (χ0) is 22.5. The molecular weight excluding hydrogens is 429 g/mol. The Balaban J connectivity index is 2.13. The van der Waals surface area contributed by atoms with Crippen molar-refractivity contribution in [3.8, 4) is 17.2 Å². The minimum atomic E-state index is -4.78. The average molecular weight is 447 g/mol. The second kappa shape index (κ2) is 9.57. The van der Waals surface area contributed by atoms with Crippen LogP contribution in [0.3, 0.4) is 0 Å². The summed E-state index contributed by atoms with van der Waals surface area (Å²) in [5.41, 5.74) is 5.73.